The zero-order valence-corrected chi connectivity index (χ0v) is 14.3. The van der Waals surface area contributed by atoms with Crippen LogP contribution in [-0.4, -0.2) is 35.7 Å². The normalized spacial score (nSPS) is 14.5. The van der Waals surface area contributed by atoms with Gasteiger partial charge in [0.25, 0.3) is 11.6 Å². The lowest BCUT2D eigenvalue weighted by Gasteiger charge is -2.27. The van der Waals surface area contributed by atoms with Crippen LogP contribution in [0.5, 0.6) is 0 Å². The summed E-state index contributed by atoms with van der Waals surface area (Å²) in [5, 5.41) is 10.9. The number of hydrogen-bond acceptors (Lipinski definition) is 5. The molecule has 6 nitrogen and oxygen atoms in total. The van der Waals surface area contributed by atoms with Crippen molar-refractivity contribution in [2.24, 2.45) is 5.92 Å². The highest BCUT2D eigenvalue weighted by molar-refractivity contribution is 6.07. The number of hydrogen-bond donors (Lipinski definition) is 2. The molecule has 25 heavy (non-hydrogen) atoms. The van der Waals surface area contributed by atoms with Gasteiger partial charge >= 0.3 is 0 Å². The quantitative estimate of drug-likeness (QED) is 0.765. The maximum Gasteiger partial charge on any atom is 0.259 e. The van der Waals surface area contributed by atoms with Crippen LogP contribution in [0.25, 0.3) is 22.4 Å². The zero-order chi connectivity index (χ0) is 17.4. The van der Waals surface area contributed by atoms with Gasteiger partial charge in [0.1, 0.15) is 0 Å². The standard InChI is InChI=1S/C19H20N4O2/c1-11-3-5-14(6-4-11)16-7-15(17-12(2)23-25-19(17)22-16)18(24)21-10-13-8-20-9-13/h3-7,13,20H,8-10H2,1-2H3,(H,21,24). The van der Waals surface area contributed by atoms with E-state index < -0.39 is 0 Å². The monoisotopic (exact) mass is 336 g/mol. The average molecular weight is 336 g/mol. The number of rotatable bonds is 4. The molecule has 1 aliphatic heterocycles. The average Bonchev–Trinajstić information content (AvgIpc) is 2.94. The molecule has 1 fully saturated rings. The Labute approximate surface area is 145 Å². The van der Waals surface area contributed by atoms with E-state index in [0.29, 0.717) is 40.5 Å². The Morgan fingerprint density at radius 3 is 2.72 bits per heavy atom. The first-order valence-electron chi connectivity index (χ1n) is 8.45. The van der Waals surface area contributed by atoms with Crippen molar-refractivity contribution in [2.45, 2.75) is 13.8 Å². The van der Waals surface area contributed by atoms with Crippen molar-refractivity contribution in [3.8, 4) is 11.3 Å². The lowest BCUT2D eigenvalue weighted by Crippen LogP contribution is -2.48. The molecule has 2 aromatic heterocycles. The number of benzene rings is 1. The van der Waals surface area contributed by atoms with Crippen molar-refractivity contribution >= 4 is 17.0 Å². The fourth-order valence-electron chi connectivity index (χ4n) is 2.97. The molecule has 6 heteroatoms. The predicted molar refractivity (Wildman–Crippen MR) is 95.4 cm³/mol. The number of nitrogens with zero attached hydrogens (tertiary/aromatic N) is 2. The van der Waals surface area contributed by atoms with Crippen LogP contribution in [0.4, 0.5) is 0 Å². The van der Waals surface area contributed by atoms with Crippen molar-refractivity contribution in [1.82, 2.24) is 20.8 Å². The Kier molecular flexibility index (Phi) is 3.97. The minimum atomic E-state index is -0.112. The fraction of sp³-hybridized carbons (Fsp3) is 0.316. The lowest BCUT2D eigenvalue weighted by atomic mass is 10.0. The van der Waals surface area contributed by atoms with Gasteiger partial charge in [-0.3, -0.25) is 4.79 Å². The summed E-state index contributed by atoms with van der Waals surface area (Å²) in [5.41, 5.74) is 4.45. The number of aryl methyl sites for hydroxylation is 2. The van der Waals surface area contributed by atoms with Gasteiger partial charge in [-0.2, -0.15) is 0 Å². The second kappa shape index (κ2) is 6.29. The highest BCUT2D eigenvalue weighted by atomic mass is 16.5. The van der Waals surface area contributed by atoms with Crippen molar-refractivity contribution in [3.05, 3.63) is 47.2 Å². The van der Waals surface area contributed by atoms with Gasteiger partial charge in [0.15, 0.2) is 0 Å². The van der Waals surface area contributed by atoms with Gasteiger partial charge in [-0.1, -0.05) is 35.0 Å². The number of pyridine rings is 1. The van der Waals surface area contributed by atoms with Crippen LogP contribution in [-0.2, 0) is 0 Å². The van der Waals surface area contributed by atoms with Crippen LogP contribution in [0.2, 0.25) is 0 Å². The molecule has 0 atom stereocenters. The number of nitrogens with one attached hydrogen (secondary N) is 2. The minimum Gasteiger partial charge on any atom is -0.352 e. The van der Waals surface area contributed by atoms with Crippen molar-refractivity contribution in [1.29, 1.82) is 0 Å². The minimum absolute atomic E-state index is 0.112. The Morgan fingerprint density at radius 1 is 1.28 bits per heavy atom. The Bertz CT molecular complexity index is 926. The summed E-state index contributed by atoms with van der Waals surface area (Å²) in [4.78, 5) is 17.3. The molecule has 2 N–H and O–H groups in total. The molecule has 3 aromatic rings. The van der Waals surface area contributed by atoms with E-state index in [1.54, 1.807) is 0 Å². The summed E-state index contributed by atoms with van der Waals surface area (Å²) in [6, 6.07) is 9.86. The number of aromatic nitrogens is 2. The summed E-state index contributed by atoms with van der Waals surface area (Å²) in [6.07, 6.45) is 0. The van der Waals surface area contributed by atoms with Crippen LogP contribution in [0, 0.1) is 19.8 Å². The molecule has 1 amide bonds. The third-order valence-corrected chi connectivity index (χ3v) is 4.63. The summed E-state index contributed by atoms with van der Waals surface area (Å²) < 4.78 is 5.33. The van der Waals surface area contributed by atoms with E-state index in [-0.39, 0.29) is 5.91 Å². The molecule has 0 spiro atoms. The molecular formula is C19H20N4O2. The van der Waals surface area contributed by atoms with Gasteiger partial charge in [-0.15, -0.1) is 0 Å². The number of fused-ring (bicyclic) bond motifs is 1. The van der Waals surface area contributed by atoms with Crippen molar-refractivity contribution in [3.63, 3.8) is 0 Å². The SMILES string of the molecule is Cc1ccc(-c2cc(C(=O)NCC3CNC3)c3c(C)noc3n2)cc1. The van der Waals surface area contributed by atoms with E-state index in [9.17, 15) is 4.79 Å². The molecular weight excluding hydrogens is 316 g/mol. The van der Waals surface area contributed by atoms with Crippen LogP contribution in [0.3, 0.4) is 0 Å². The van der Waals surface area contributed by atoms with Gasteiger partial charge in [-0.05, 0) is 19.9 Å². The molecule has 0 aliphatic carbocycles. The first kappa shape index (κ1) is 15.8. The van der Waals surface area contributed by atoms with E-state index in [1.165, 1.54) is 5.56 Å². The zero-order valence-electron chi connectivity index (χ0n) is 14.3. The first-order valence-corrected chi connectivity index (χ1v) is 8.45. The Hall–Kier alpha value is -2.73. The van der Waals surface area contributed by atoms with E-state index >= 15 is 0 Å². The van der Waals surface area contributed by atoms with E-state index in [1.807, 2.05) is 44.2 Å². The third-order valence-electron chi connectivity index (χ3n) is 4.63. The molecule has 1 saturated heterocycles. The van der Waals surface area contributed by atoms with Crippen LogP contribution < -0.4 is 10.6 Å². The number of carbonyl (C=O) groups is 1. The van der Waals surface area contributed by atoms with Gasteiger partial charge in [-0.25, -0.2) is 4.98 Å². The molecule has 0 unspecified atom stereocenters. The largest absolute Gasteiger partial charge is 0.352 e. The van der Waals surface area contributed by atoms with E-state index in [0.717, 1.165) is 18.7 Å². The number of carbonyl (C=O) groups excluding carboxylic acids is 1. The maximum atomic E-state index is 12.8. The van der Waals surface area contributed by atoms with Gasteiger partial charge < -0.3 is 15.2 Å². The second-order valence-corrected chi connectivity index (χ2v) is 6.60. The summed E-state index contributed by atoms with van der Waals surface area (Å²) in [7, 11) is 0. The van der Waals surface area contributed by atoms with Crippen molar-refractivity contribution in [2.75, 3.05) is 19.6 Å². The summed E-state index contributed by atoms with van der Waals surface area (Å²) >= 11 is 0. The van der Waals surface area contributed by atoms with Gasteiger partial charge in [0.2, 0.25) is 0 Å². The van der Waals surface area contributed by atoms with E-state index in [4.69, 9.17) is 4.52 Å². The van der Waals surface area contributed by atoms with Crippen LogP contribution in [0.15, 0.2) is 34.9 Å². The van der Waals surface area contributed by atoms with Gasteiger partial charge in [0, 0.05) is 31.1 Å². The molecule has 4 rings (SSSR count). The smallest absolute Gasteiger partial charge is 0.259 e. The fourth-order valence-corrected chi connectivity index (χ4v) is 2.97. The second-order valence-electron chi connectivity index (χ2n) is 6.60. The molecule has 3 heterocycles. The summed E-state index contributed by atoms with van der Waals surface area (Å²) in [6.45, 7) is 6.43. The Balaban J connectivity index is 1.73. The predicted octanol–water partition coefficient (Wildman–Crippen LogP) is 2.46. The Morgan fingerprint density at radius 2 is 2.04 bits per heavy atom. The molecule has 128 valence electrons. The summed E-state index contributed by atoms with van der Waals surface area (Å²) in [5.74, 6) is 0.389. The molecule has 0 radical (unpaired) electrons. The lowest BCUT2D eigenvalue weighted by molar-refractivity contribution is 0.0943. The topological polar surface area (TPSA) is 80.0 Å². The van der Waals surface area contributed by atoms with Crippen molar-refractivity contribution < 1.29 is 9.32 Å². The van der Waals surface area contributed by atoms with E-state index in [2.05, 4.69) is 20.8 Å². The van der Waals surface area contributed by atoms with Gasteiger partial charge in [0.05, 0.1) is 22.3 Å². The molecule has 0 bridgehead atoms. The highest BCUT2D eigenvalue weighted by Crippen LogP contribution is 2.27. The molecule has 0 saturated carbocycles. The van der Waals surface area contributed by atoms with Crippen LogP contribution >= 0.6 is 0 Å². The first-order chi connectivity index (χ1) is 12.1. The van der Waals surface area contributed by atoms with Crippen LogP contribution in [0.1, 0.15) is 21.6 Å². The third kappa shape index (κ3) is 3.00. The molecule has 1 aliphatic rings. The molecule has 1 aromatic carbocycles. The maximum absolute atomic E-state index is 12.8. The number of amides is 1. The highest BCUT2D eigenvalue weighted by Gasteiger charge is 2.22.